The number of hydrogen-bond acceptors (Lipinski definition) is 5. The van der Waals surface area contributed by atoms with Gasteiger partial charge in [-0.3, -0.25) is 24.6 Å². The second-order valence-corrected chi connectivity index (χ2v) is 5.30. The third-order valence-corrected chi connectivity index (χ3v) is 2.86. The quantitative estimate of drug-likeness (QED) is 0.617. The van der Waals surface area contributed by atoms with E-state index in [9.17, 15) is 38.0 Å². The van der Waals surface area contributed by atoms with Crippen LogP contribution in [0.15, 0.2) is 18.2 Å². The van der Waals surface area contributed by atoms with Crippen LogP contribution in [0, 0.1) is 10.1 Å². The molecule has 0 atom stereocenters. The molecule has 1 rings (SSSR count). The van der Waals surface area contributed by atoms with Gasteiger partial charge in [0.2, 0.25) is 0 Å². The van der Waals surface area contributed by atoms with Crippen molar-refractivity contribution < 1.29 is 37.9 Å². The zero-order chi connectivity index (χ0) is 18.9. The maximum Gasteiger partial charge on any atom is 0.423 e. The zero-order valence-corrected chi connectivity index (χ0v) is 12.5. The molecule has 8 nitrogen and oxygen atoms in total. The van der Waals surface area contributed by atoms with Crippen LogP contribution in [-0.2, 0) is 15.8 Å². The minimum atomic E-state index is -5.09. The zero-order valence-electron chi connectivity index (χ0n) is 12.5. The molecule has 1 aromatic rings. The molecule has 0 spiro atoms. The summed E-state index contributed by atoms with van der Waals surface area (Å²) in [5, 5.41) is 29.2. The molecule has 11 heteroatoms. The number of amides is 1. The summed E-state index contributed by atoms with van der Waals surface area (Å²) >= 11 is 0. The number of alkyl halides is 3. The number of nitro groups is 1. The van der Waals surface area contributed by atoms with E-state index >= 15 is 0 Å². The van der Waals surface area contributed by atoms with Gasteiger partial charge in [-0.1, -0.05) is 0 Å². The monoisotopic (exact) mass is 350 g/mol. The molecular weight excluding hydrogens is 337 g/mol. The summed E-state index contributed by atoms with van der Waals surface area (Å²) in [5.74, 6) is -2.72. The first-order chi connectivity index (χ1) is 10.7. The van der Waals surface area contributed by atoms with E-state index in [0.717, 1.165) is 19.9 Å². The number of nitro benzene ring substituents is 1. The van der Waals surface area contributed by atoms with Crippen LogP contribution in [-0.4, -0.2) is 39.2 Å². The van der Waals surface area contributed by atoms with Gasteiger partial charge >= 0.3 is 12.1 Å². The third kappa shape index (κ3) is 4.41. The Morgan fingerprint density at radius 3 is 2.21 bits per heavy atom. The lowest BCUT2D eigenvalue weighted by atomic mass is 10.1. The minimum absolute atomic E-state index is 0.296. The van der Waals surface area contributed by atoms with Crippen molar-refractivity contribution in [1.29, 1.82) is 0 Å². The smallest absolute Gasteiger partial charge is 0.423 e. The Kier molecular flexibility index (Phi) is 5.19. The van der Waals surface area contributed by atoms with Gasteiger partial charge < -0.3 is 10.2 Å². The Balaban J connectivity index is 3.52. The van der Waals surface area contributed by atoms with E-state index in [1.165, 1.54) is 0 Å². The van der Waals surface area contributed by atoms with Crippen LogP contribution >= 0.6 is 0 Å². The largest absolute Gasteiger partial charge is 0.480 e. The predicted octanol–water partition coefficient (Wildman–Crippen LogP) is 1.80. The molecule has 0 unspecified atom stereocenters. The van der Waals surface area contributed by atoms with Gasteiger partial charge in [-0.15, -0.1) is 0 Å². The van der Waals surface area contributed by atoms with E-state index in [0.29, 0.717) is 17.0 Å². The van der Waals surface area contributed by atoms with E-state index in [-0.39, 0.29) is 0 Å². The summed E-state index contributed by atoms with van der Waals surface area (Å²) in [6, 6.07) is 1.62. The van der Waals surface area contributed by atoms with Gasteiger partial charge in [-0.2, -0.15) is 13.2 Å². The molecule has 1 aromatic carbocycles. The van der Waals surface area contributed by atoms with E-state index < -0.39 is 52.1 Å². The van der Waals surface area contributed by atoms with Crippen molar-refractivity contribution in [3.8, 4) is 0 Å². The van der Waals surface area contributed by atoms with Crippen LogP contribution < -0.4 is 4.90 Å². The molecule has 0 aliphatic rings. The fraction of sp³-hybridized carbons (Fsp3) is 0.385. The van der Waals surface area contributed by atoms with Crippen molar-refractivity contribution in [3.05, 3.63) is 33.9 Å². The average Bonchev–Trinajstić information content (AvgIpc) is 2.41. The average molecular weight is 350 g/mol. The second-order valence-electron chi connectivity index (χ2n) is 5.30. The molecule has 0 aliphatic carbocycles. The van der Waals surface area contributed by atoms with Crippen molar-refractivity contribution in [3.63, 3.8) is 0 Å². The molecule has 132 valence electrons. The summed E-state index contributed by atoms with van der Waals surface area (Å²) in [4.78, 5) is 32.8. The first kappa shape index (κ1) is 19.4. The maximum absolute atomic E-state index is 13.0. The Labute approximate surface area is 133 Å². The van der Waals surface area contributed by atoms with Crippen LogP contribution in [0.2, 0.25) is 0 Å². The first-order valence-electron chi connectivity index (χ1n) is 6.37. The summed E-state index contributed by atoms with van der Waals surface area (Å²) in [6.45, 7) is 1.03. The fourth-order valence-electron chi connectivity index (χ4n) is 1.82. The molecule has 0 bridgehead atoms. The highest BCUT2D eigenvalue weighted by Crippen LogP contribution is 2.38. The highest BCUT2D eigenvalue weighted by Gasteiger charge is 2.40. The van der Waals surface area contributed by atoms with E-state index in [4.69, 9.17) is 5.11 Å². The van der Waals surface area contributed by atoms with Crippen molar-refractivity contribution in [2.75, 3.05) is 11.4 Å². The highest BCUT2D eigenvalue weighted by molar-refractivity contribution is 6.02. The van der Waals surface area contributed by atoms with E-state index in [2.05, 4.69) is 0 Å². The van der Waals surface area contributed by atoms with Gasteiger partial charge in [0.25, 0.3) is 11.6 Å². The van der Waals surface area contributed by atoms with E-state index in [1.54, 1.807) is 0 Å². The minimum Gasteiger partial charge on any atom is -0.480 e. The third-order valence-electron chi connectivity index (χ3n) is 2.86. The summed E-state index contributed by atoms with van der Waals surface area (Å²) < 4.78 is 38.9. The number of aliphatic carboxylic acids is 1. The lowest BCUT2D eigenvalue weighted by Crippen LogP contribution is -2.47. The van der Waals surface area contributed by atoms with Crippen molar-refractivity contribution >= 4 is 23.3 Å². The number of nitrogens with zero attached hydrogens (tertiary/aromatic N) is 2. The van der Waals surface area contributed by atoms with Crippen LogP contribution in [0.3, 0.4) is 0 Å². The Morgan fingerprint density at radius 1 is 1.29 bits per heavy atom. The molecule has 0 saturated heterocycles. The molecule has 0 radical (unpaired) electrons. The Bertz CT molecular complexity index is 681. The van der Waals surface area contributed by atoms with Crippen molar-refractivity contribution in [2.45, 2.75) is 25.6 Å². The van der Waals surface area contributed by atoms with Crippen LogP contribution in [0.25, 0.3) is 0 Å². The molecule has 0 aliphatic heterocycles. The van der Waals surface area contributed by atoms with Crippen molar-refractivity contribution in [2.24, 2.45) is 0 Å². The lowest BCUT2D eigenvalue weighted by molar-refractivity contribution is -0.388. The summed E-state index contributed by atoms with van der Waals surface area (Å²) in [7, 11) is 0. The van der Waals surface area contributed by atoms with Gasteiger partial charge in [0.1, 0.15) is 17.7 Å². The van der Waals surface area contributed by atoms with Crippen LogP contribution in [0.1, 0.15) is 19.4 Å². The van der Waals surface area contributed by atoms with E-state index in [1.807, 2.05) is 0 Å². The lowest BCUT2D eigenvalue weighted by Gasteiger charge is -2.27. The molecule has 2 N–H and O–H groups in total. The standard InChI is InChI=1S/C13H13F3N2O6/c1-12(2,22)11(21)17(6-10(19)20)7-3-4-9(18(23)24)8(5-7)13(14,15)16/h3-5,22H,6H2,1-2H3,(H,19,20). The Morgan fingerprint density at radius 2 is 1.83 bits per heavy atom. The molecule has 0 aromatic heterocycles. The number of carbonyl (C=O) groups excluding carboxylic acids is 1. The number of anilines is 1. The molecule has 24 heavy (non-hydrogen) atoms. The highest BCUT2D eigenvalue weighted by atomic mass is 19.4. The number of rotatable bonds is 5. The number of benzene rings is 1. The number of carboxylic acids is 1. The number of hydrogen-bond donors (Lipinski definition) is 2. The van der Waals surface area contributed by atoms with Gasteiger partial charge in [0, 0.05) is 11.8 Å². The molecule has 0 fully saturated rings. The van der Waals surface area contributed by atoms with Gasteiger partial charge in [0.05, 0.1) is 4.92 Å². The number of halogens is 3. The predicted molar refractivity (Wildman–Crippen MR) is 74.4 cm³/mol. The molecule has 0 saturated carbocycles. The summed E-state index contributed by atoms with van der Waals surface area (Å²) in [5.41, 5.74) is -5.47. The van der Waals surface area contributed by atoms with Gasteiger partial charge in [0.15, 0.2) is 0 Å². The number of aliphatic hydroxyl groups is 1. The topological polar surface area (TPSA) is 121 Å². The molecule has 1 amide bonds. The van der Waals surface area contributed by atoms with Crippen molar-refractivity contribution in [1.82, 2.24) is 0 Å². The summed E-state index contributed by atoms with van der Waals surface area (Å²) in [6.07, 6.45) is -5.09. The van der Waals surface area contributed by atoms with Crippen LogP contribution in [0.4, 0.5) is 24.5 Å². The first-order valence-corrected chi connectivity index (χ1v) is 6.37. The van der Waals surface area contributed by atoms with Crippen LogP contribution in [0.5, 0.6) is 0 Å². The number of carboxylic acid groups (broad SMARTS) is 1. The second kappa shape index (κ2) is 6.43. The Hall–Kier alpha value is -2.69. The molecule has 0 heterocycles. The fourth-order valence-corrected chi connectivity index (χ4v) is 1.82. The van der Waals surface area contributed by atoms with Gasteiger partial charge in [-0.25, -0.2) is 0 Å². The SMILES string of the molecule is CC(C)(O)C(=O)N(CC(=O)O)c1ccc([N+](=O)[O-])c(C(F)(F)F)c1. The maximum atomic E-state index is 13.0. The normalized spacial score (nSPS) is 11.9. The molecular formula is C13H13F3N2O6. The van der Waals surface area contributed by atoms with Gasteiger partial charge in [-0.05, 0) is 26.0 Å². The number of carbonyl (C=O) groups is 2.